The minimum Gasteiger partial charge on any atom is -0.314 e. The van der Waals surface area contributed by atoms with Gasteiger partial charge in [0.1, 0.15) is 0 Å². The molecule has 0 amide bonds. The van der Waals surface area contributed by atoms with Crippen LogP contribution in [0.5, 0.6) is 0 Å². The van der Waals surface area contributed by atoms with Gasteiger partial charge in [0.2, 0.25) is 0 Å². The van der Waals surface area contributed by atoms with Gasteiger partial charge in [0.25, 0.3) is 0 Å². The van der Waals surface area contributed by atoms with Crippen LogP contribution >= 0.6 is 0 Å². The van der Waals surface area contributed by atoms with Crippen LogP contribution in [0.2, 0.25) is 0 Å². The van der Waals surface area contributed by atoms with Gasteiger partial charge in [-0.25, -0.2) is 0 Å². The monoisotopic (exact) mass is 295 g/mol. The highest BCUT2D eigenvalue weighted by atomic mass is 14.9. The maximum Gasteiger partial charge on any atom is 0.00956 e. The number of hydrogen-bond acceptors (Lipinski definition) is 1. The molecule has 0 aromatic rings. The van der Waals surface area contributed by atoms with E-state index < -0.39 is 0 Å². The van der Waals surface area contributed by atoms with E-state index in [4.69, 9.17) is 0 Å². The molecule has 1 fully saturated rings. The molecule has 1 rings (SSSR count). The third-order valence-electron chi connectivity index (χ3n) is 5.80. The molecule has 21 heavy (non-hydrogen) atoms. The van der Waals surface area contributed by atoms with Crippen molar-refractivity contribution < 1.29 is 0 Å². The summed E-state index contributed by atoms with van der Waals surface area (Å²) >= 11 is 0. The molecule has 126 valence electrons. The third kappa shape index (κ3) is 6.72. The highest BCUT2D eigenvalue weighted by Crippen LogP contribution is 2.38. The van der Waals surface area contributed by atoms with Crippen molar-refractivity contribution in [2.24, 2.45) is 23.7 Å². The van der Waals surface area contributed by atoms with Gasteiger partial charge < -0.3 is 5.32 Å². The van der Waals surface area contributed by atoms with Crippen molar-refractivity contribution in [2.45, 2.75) is 98.4 Å². The Hall–Kier alpha value is -0.0400. The van der Waals surface area contributed by atoms with E-state index in [0.29, 0.717) is 0 Å². The van der Waals surface area contributed by atoms with Crippen LogP contribution in [-0.4, -0.2) is 12.6 Å². The Kier molecular flexibility index (Phi) is 9.64. The van der Waals surface area contributed by atoms with Gasteiger partial charge >= 0.3 is 0 Å². The lowest BCUT2D eigenvalue weighted by molar-refractivity contribution is 0.141. The van der Waals surface area contributed by atoms with E-state index in [9.17, 15) is 0 Å². The van der Waals surface area contributed by atoms with Gasteiger partial charge in [0, 0.05) is 6.04 Å². The molecule has 1 aliphatic rings. The molecule has 0 aromatic carbocycles. The van der Waals surface area contributed by atoms with E-state index in [-0.39, 0.29) is 0 Å². The van der Waals surface area contributed by atoms with Crippen molar-refractivity contribution in [3.63, 3.8) is 0 Å². The molecular weight excluding hydrogens is 254 g/mol. The zero-order valence-electron chi connectivity index (χ0n) is 15.5. The maximum absolute atomic E-state index is 3.87. The Morgan fingerprint density at radius 2 is 1.81 bits per heavy atom. The predicted octanol–water partition coefficient (Wildman–Crippen LogP) is 6.03. The zero-order chi connectivity index (χ0) is 15.7. The van der Waals surface area contributed by atoms with Crippen LogP contribution in [0.15, 0.2) is 0 Å². The fourth-order valence-corrected chi connectivity index (χ4v) is 4.17. The molecule has 1 aliphatic carbocycles. The van der Waals surface area contributed by atoms with E-state index in [1.807, 2.05) is 0 Å². The third-order valence-corrected chi connectivity index (χ3v) is 5.80. The fourth-order valence-electron chi connectivity index (χ4n) is 4.17. The molecule has 0 bridgehead atoms. The van der Waals surface area contributed by atoms with Gasteiger partial charge in [-0.15, -0.1) is 0 Å². The molecule has 0 aromatic heterocycles. The van der Waals surface area contributed by atoms with Gasteiger partial charge in [-0.05, 0) is 62.3 Å². The Morgan fingerprint density at radius 3 is 2.38 bits per heavy atom. The van der Waals surface area contributed by atoms with Crippen molar-refractivity contribution in [2.75, 3.05) is 6.54 Å². The molecule has 0 radical (unpaired) electrons. The first kappa shape index (κ1) is 19.0. The first-order valence-electron chi connectivity index (χ1n) is 9.85. The van der Waals surface area contributed by atoms with Crippen molar-refractivity contribution in [1.29, 1.82) is 0 Å². The summed E-state index contributed by atoms with van der Waals surface area (Å²) < 4.78 is 0. The minimum atomic E-state index is 0.802. The van der Waals surface area contributed by atoms with Crippen LogP contribution in [-0.2, 0) is 0 Å². The van der Waals surface area contributed by atoms with Gasteiger partial charge in [-0.1, -0.05) is 60.3 Å². The second kappa shape index (κ2) is 10.6. The number of hydrogen-bond donors (Lipinski definition) is 1. The summed E-state index contributed by atoms with van der Waals surface area (Å²) in [5, 5.41) is 3.87. The lowest BCUT2D eigenvalue weighted by Crippen LogP contribution is -2.42. The van der Waals surface area contributed by atoms with Gasteiger partial charge in [-0.3, -0.25) is 0 Å². The molecule has 1 heteroatoms. The van der Waals surface area contributed by atoms with E-state index in [1.165, 1.54) is 64.3 Å². The lowest BCUT2D eigenvalue weighted by atomic mass is 9.70. The molecule has 4 unspecified atom stereocenters. The molecule has 0 heterocycles. The molecule has 4 atom stereocenters. The van der Waals surface area contributed by atoms with Crippen LogP contribution < -0.4 is 5.32 Å². The average Bonchev–Trinajstić information content (AvgIpc) is 2.49. The maximum atomic E-state index is 3.87. The van der Waals surface area contributed by atoms with E-state index in [1.54, 1.807) is 0 Å². The predicted molar refractivity (Wildman–Crippen MR) is 95.7 cm³/mol. The summed E-state index contributed by atoms with van der Waals surface area (Å²) in [6.45, 7) is 13.1. The Labute approximate surface area is 134 Å². The molecule has 0 spiro atoms. The van der Waals surface area contributed by atoms with E-state index >= 15 is 0 Å². The summed E-state index contributed by atoms with van der Waals surface area (Å²) in [5.41, 5.74) is 0. The largest absolute Gasteiger partial charge is 0.314 e. The summed E-state index contributed by atoms with van der Waals surface area (Å²) in [6, 6.07) is 0.802. The Balaban J connectivity index is 2.58. The quantitative estimate of drug-likeness (QED) is 0.518. The van der Waals surface area contributed by atoms with Crippen molar-refractivity contribution in [3.05, 3.63) is 0 Å². The molecule has 0 aliphatic heterocycles. The molecule has 1 saturated carbocycles. The second-order valence-electron chi connectivity index (χ2n) is 7.79. The van der Waals surface area contributed by atoms with Crippen molar-refractivity contribution >= 4 is 0 Å². The van der Waals surface area contributed by atoms with Crippen molar-refractivity contribution in [3.8, 4) is 0 Å². The average molecular weight is 296 g/mol. The van der Waals surface area contributed by atoms with E-state index in [2.05, 4.69) is 39.9 Å². The van der Waals surface area contributed by atoms with Crippen LogP contribution in [0.4, 0.5) is 0 Å². The Bertz CT molecular complexity index is 248. The molecule has 1 N–H and O–H groups in total. The van der Waals surface area contributed by atoms with E-state index in [0.717, 1.165) is 29.7 Å². The standard InChI is InChI=1S/C20H41N/c1-6-9-10-17(8-3)14-19-15-18(16(4)5)11-12-20(19)21-13-7-2/h16-21H,6-15H2,1-5H3. The van der Waals surface area contributed by atoms with Crippen molar-refractivity contribution in [1.82, 2.24) is 5.32 Å². The fraction of sp³-hybridized carbons (Fsp3) is 1.00. The normalized spacial score (nSPS) is 28.0. The smallest absolute Gasteiger partial charge is 0.00956 e. The highest BCUT2D eigenvalue weighted by Gasteiger charge is 2.32. The summed E-state index contributed by atoms with van der Waals surface area (Å²) in [7, 11) is 0. The van der Waals surface area contributed by atoms with Crippen LogP contribution in [0.1, 0.15) is 92.4 Å². The first-order chi connectivity index (χ1) is 10.1. The minimum absolute atomic E-state index is 0.802. The van der Waals surface area contributed by atoms with Gasteiger partial charge in [0.15, 0.2) is 0 Å². The highest BCUT2D eigenvalue weighted by molar-refractivity contribution is 4.87. The second-order valence-corrected chi connectivity index (χ2v) is 7.79. The van der Waals surface area contributed by atoms with Crippen LogP contribution in [0.3, 0.4) is 0 Å². The summed E-state index contributed by atoms with van der Waals surface area (Å²) in [5.74, 6) is 3.74. The number of rotatable bonds is 10. The molecule has 1 nitrogen and oxygen atoms in total. The first-order valence-corrected chi connectivity index (χ1v) is 9.85. The lowest BCUT2D eigenvalue weighted by Gasteiger charge is -2.40. The molecule has 0 saturated heterocycles. The topological polar surface area (TPSA) is 12.0 Å². The van der Waals surface area contributed by atoms with Crippen LogP contribution in [0, 0.1) is 23.7 Å². The van der Waals surface area contributed by atoms with Crippen LogP contribution in [0.25, 0.3) is 0 Å². The Morgan fingerprint density at radius 1 is 1.05 bits per heavy atom. The number of nitrogens with one attached hydrogen (secondary N) is 1. The van der Waals surface area contributed by atoms with Gasteiger partial charge in [0.05, 0.1) is 0 Å². The van der Waals surface area contributed by atoms with Gasteiger partial charge in [-0.2, -0.15) is 0 Å². The summed E-state index contributed by atoms with van der Waals surface area (Å²) in [6.07, 6.45) is 12.7. The molecular formula is C20H41N. The number of unbranched alkanes of at least 4 members (excludes halogenated alkanes) is 1. The summed E-state index contributed by atoms with van der Waals surface area (Å²) in [4.78, 5) is 0. The SMILES string of the molecule is CCCCC(CC)CC1CC(C(C)C)CCC1NCCC. The zero-order valence-corrected chi connectivity index (χ0v) is 15.5.